The van der Waals surface area contributed by atoms with Gasteiger partial charge in [0, 0.05) is 18.3 Å². The normalized spacial score (nSPS) is 14.1. The van der Waals surface area contributed by atoms with Gasteiger partial charge in [0.05, 0.1) is 0 Å². The minimum atomic E-state index is -0.482. The van der Waals surface area contributed by atoms with Gasteiger partial charge in [-0.05, 0) is 38.2 Å². The summed E-state index contributed by atoms with van der Waals surface area (Å²) in [7, 11) is 0. The van der Waals surface area contributed by atoms with Gasteiger partial charge in [0.2, 0.25) is 0 Å². The Hall–Kier alpha value is -0.710. The van der Waals surface area contributed by atoms with Crippen molar-refractivity contribution in [3.05, 3.63) is 29.3 Å². The molecule has 2 unspecified atom stereocenters. The minimum Gasteiger partial charge on any atom is -0.491 e. The lowest BCUT2D eigenvalue weighted by atomic mass is 10.1. The zero-order valence-electron chi connectivity index (χ0n) is 13.0. The highest BCUT2D eigenvalue weighted by atomic mass is 32.2. The number of hydrogen-bond donors (Lipinski definition) is 2. The molecule has 114 valence electrons. The third kappa shape index (κ3) is 6.64. The van der Waals surface area contributed by atoms with Gasteiger partial charge in [-0.15, -0.1) is 0 Å². The van der Waals surface area contributed by atoms with Crippen LogP contribution in [0.1, 0.15) is 25.0 Å². The predicted octanol–water partition coefficient (Wildman–Crippen LogP) is 2.77. The number of hydrogen-bond acceptors (Lipinski definition) is 4. The van der Waals surface area contributed by atoms with Crippen molar-refractivity contribution in [3.8, 4) is 5.75 Å². The van der Waals surface area contributed by atoms with Crippen molar-refractivity contribution >= 4 is 11.8 Å². The van der Waals surface area contributed by atoms with E-state index in [0.717, 1.165) is 22.8 Å². The summed E-state index contributed by atoms with van der Waals surface area (Å²) >= 11 is 1.91. The summed E-state index contributed by atoms with van der Waals surface area (Å²) in [5.41, 5.74) is 2.33. The largest absolute Gasteiger partial charge is 0.491 e. The Balaban J connectivity index is 2.27. The highest BCUT2D eigenvalue weighted by Crippen LogP contribution is 2.18. The molecule has 0 aliphatic rings. The van der Waals surface area contributed by atoms with E-state index in [1.54, 1.807) is 0 Å². The smallest absolute Gasteiger partial charge is 0.122 e. The molecule has 1 rings (SSSR count). The van der Waals surface area contributed by atoms with Gasteiger partial charge in [-0.3, -0.25) is 0 Å². The van der Waals surface area contributed by atoms with Gasteiger partial charge >= 0.3 is 0 Å². The van der Waals surface area contributed by atoms with Crippen molar-refractivity contribution in [1.82, 2.24) is 5.32 Å². The van der Waals surface area contributed by atoms with E-state index < -0.39 is 6.10 Å². The Morgan fingerprint density at radius 3 is 2.75 bits per heavy atom. The lowest BCUT2D eigenvalue weighted by molar-refractivity contribution is 0.104. The van der Waals surface area contributed by atoms with E-state index in [1.165, 1.54) is 5.56 Å². The zero-order chi connectivity index (χ0) is 15.0. The third-order valence-electron chi connectivity index (χ3n) is 3.04. The molecule has 0 fully saturated rings. The van der Waals surface area contributed by atoms with Crippen LogP contribution in [0.25, 0.3) is 0 Å². The molecule has 20 heavy (non-hydrogen) atoms. The summed E-state index contributed by atoms with van der Waals surface area (Å²) < 4.78 is 5.67. The monoisotopic (exact) mass is 297 g/mol. The van der Waals surface area contributed by atoms with Crippen LogP contribution in [0.15, 0.2) is 18.2 Å². The molecule has 0 amide bonds. The molecule has 2 atom stereocenters. The molecule has 0 saturated heterocycles. The van der Waals surface area contributed by atoms with E-state index >= 15 is 0 Å². The Kier molecular flexibility index (Phi) is 8.04. The van der Waals surface area contributed by atoms with Crippen LogP contribution in [-0.4, -0.2) is 41.9 Å². The first-order valence-electron chi connectivity index (χ1n) is 7.22. The number of aliphatic hydroxyl groups excluding tert-OH is 1. The fourth-order valence-corrected chi connectivity index (χ4v) is 2.60. The lowest BCUT2D eigenvalue weighted by Crippen LogP contribution is -2.37. The van der Waals surface area contributed by atoms with Crippen molar-refractivity contribution in [2.24, 2.45) is 0 Å². The van der Waals surface area contributed by atoms with Crippen LogP contribution in [0.5, 0.6) is 5.75 Å². The first-order valence-corrected chi connectivity index (χ1v) is 8.37. The highest BCUT2D eigenvalue weighted by Gasteiger charge is 2.09. The number of thioether (sulfide) groups is 1. The van der Waals surface area contributed by atoms with Crippen LogP contribution in [0.4, 0.5) is 0 Å². The molecule has 3 nitrogen and oxygen atoms in total. The molecule has 0 saturated carbocycles. The molecule has 0 spiro atoms. The summed E-state index contributed by atoms with van der Waals surface area (Å²) in [6.07, 6.45) is -0.482. The summed E-state index contributed by atoms with van der Waals surface area (Å²) in [6, 6.07) is 6.49. The Labute approximate surface area is 127 Å². The van der Waals surface area contributed by atoms with E-state index in [2.05, 4.69) is 32.2 Å². The number of benzene rings is 1. The van der Waals surface area contributed by atoms with Crippen molar-refractivity contribution in [2.75, 3.05) is 24.7 Å². The molecule has 0 aliphatic carbocycles. The Morgan fingerprint density at radius 2 is 2.10 bits per heavy atom. The van der Waals surface area contributed by atoms with Gasteiger partial charge in [-0.2, -0.15) is 11.8 Å². The molecule has 1 aromatic carbocycles. The second-order valence-electron chi connectivity index (χ2n) is 5.20. The minimum absolute atomic E-state index is 0.324. The van der Waals surface area contributed by atoms with Gasteiger partial charge < -0.3 is 15.2 Å². The Morgan fingerprint density at radius 1 is 1.35 bits per heavy atom. The fraction of sp³-hybridized carbons (Fsp3) is 0.625. The molecule has 0 bridgehead atoms. The van der Waals surface area contributed by atoms with E-state index in [1.807, 2.05) is 30.8 Å². The average Bonchev–Trinajstić information content (AvgIpc) is 2.41. The molecule has 0 aliphatic heterocycles. The molecule has 0 aromatic heterocycles. The molecular weight excluding hydrogens is 270 g/mol. The number of nitrogens with one attached hydrogen (secondary N) is 1. The summed E-state index contributed by atoms with van der Waals surface area (Å²) in [5.74, 6) is 3.05. The SMILES string of the molecule is CCSCC(C)NCC(O)COc1ccc(C)cc1C. The highest BCUT2D eigenvalue weighted by molar-refractivity contribution is 7.99. The second kappa shape index (κ2) is 9.27. The van der Waals surface area contributed by atoms with E-state index in [0.29, 0.717) is 19.2 Å². The number of ether oxygens (including phenoxy) is 1. The number of aliphatic hydroxyl groups is 1. The quantitative estimate of drug-likeness (QED) is 0.735. The lowest BCUT2D eigenvalue weighted by Gasteiger charge is -2.18. The van der Waals surface area contributed by atoms with Gasteiger partial charge in [0.25, 0.3) is 0 Å². The van der Waals surface area contributed by atoms with Crippen molar-refractivity contribution in [3.63, 3.8) is 0 Å². The molecule has 0 radical (unpaired) electrons. The van der Waals surface area contributed by atoms with Crippen LogP contribution in [0, 0.1) is 13.8 Å². The van der Waals surface area contributed by atoms with Crippen LogP contribution in [0.2, 0.25) is 0 Å². The number of rotatable bonds is 9. The third-order valence-corrected chi connectivity index (χ3v) is 4.18. The maximum absolute atomic E-state index is 9.94. The van der Waals surface area contributed by atoms with Gasteiger partial charge in [0.1, 0.15) is 18.5 Å². The first-order chi connectivity index (χ1) is 9.52. The average molecular weight is 297 g/mol. The topological polar surface area (TPSA) is 41.5 Å². The van der Waals surface area contributed by atoms with Gasteiger partial charge in [0.15, 0.2) is 0 Å². The van der Waals surface area contributed by atoms with Crippen molar-refractivity contribution < 1.29 is 9.84 Å². The first kappa shape index (κ1) is 17.3. The second-order valence-corrected chi connectivity index (χ2v) is 6.52. The summed E-state index contributed by atoms with van der Waals surface area (Å²) in [6.45, 7) is 9.27. The van der Waals surface area contributed by atoms with E-state index in [-0.39, 0.29) is 0 Å². The predicted molar refractivity (Wildman–Crippen MR) is 87.9 cm³/mol. The summed E-state index contributed by atoms with van der Waals surface area (Å²) in [5, 5.41) is 13.3. The zero-order valence-corrected chi connectivity index (χ0v) is 13.8. The fourth-order valence-electron chi connectivity index (χ4n) is 1.90. The van der Waals surface area contributed by atoms with E-state index in [4.69, 9.17) is 4.74 Å². The van der Waals surface area contributed by atoms with Crippen molar-refractivity contribution in [1.29, 1.82) is 0 Å². The molecule has 1 aromatic rings. The molecular formula is C16H27NO2S. The van der Waals surface area contributed by atoms with Crippen LogP contribution in [0.3, 0.4) is 0 Å². The van der Waals surface area contributed by atoms with Crippen LogP contribution in [-0.2, 0) is 0 Å². The molecule has 4 heteroatoms. The maximum Gasteiger partial charge on any atom is 0.122 e. The van der Waals surface area contributed by atoms with Crippen molar-refractivity contribution in [2.45, 2.75) is 39.8 Å². The Bertz CT molecular complexity index is 398. The maximum atomic E-state index is 9.94. The summed E-state index contributed by atoms with van der Waals surface area (Å²) in [4.78, 5) is 0. The molecule has 0 heterocycles. The van der Waals surface area contributed by atoms with Gasteiger partial charge in [-0.25, -0.2) is 0 Å². The standard InChI is InChI=1S/C16H27NO2S/c1-5-20-11-14(4)17-9-15(18)10-19-16-7-6-12(2)8-13(16)3/h6-8,14-15,17-18H,5,9-11H2,1-4H3. The van der Waals surface area contributed by atoms with Crippen LogP contribution < -0.4 is 10.1 Å². The molecule has 2 N–H and O–H groups in total. The van der Waals surface area contributed by atoms with E-state index in [9.17, 15) is 5.11 Å². The van der Waals surface area contributed by atoms with Crippen LogP contribution >= 0.6 is 11.8 Å². The van der Waals surface area contributed by atoms with Gasteiger partial charge in [-0.1, -0.05) is 24.6 Å². The number of aryl methyl sites for hydroxylation is 2.